The number of hydrogen-bond acceptors (Lipinski definition) is 7. The summed E-state index contributed by atoms with van der Waals surface area (Å²) in [5, 5.41) is 7.39. The van der Waals surface area contributed by atoms with Gasteiger partial charge in [0.15, 0.2) is 0 Å². The highest BCUT2D eigenvalue weighted by atomic mass is 16.1. The van der Waals surface area contributed by atoms with Crippen LogP contribution < -0.4 is 15.5 Å². The number of carbonyl (C=O) groups excluding carboxylic acids is 1. The van der Waals surface area contributed by atoms with E-state index in [0.29, 0.717) is 29.2 Å². The second kappa shape index (κ2) is 7.76. The lowest BCUT2D eigenvalue weighted by Crippen LogP contribution is -2.59. The monoisotopic (exact) mass is 480 g/mol. The summed E-state index contributed by atoms with van der Waals surface area (Å²) in [6.07, 6.45) is 7.96. The first-order valence-electron chi connectivity index (χ1n) is 12.4. The van der Waals surface area contributed by atoms with Crippen molar-refractivity contribution in [3.8, 4) is 11.3 Å². The molecular formula is C27H28N8O. The smallest absolute Gasteiger partial charge is 0.254 e. The van der Waals surface area contributed by atoms with Crippen LogP contribution in [-0.4, -0.2) is 62.5 Å². The molecule has 182 valence electrons. The van der Waals surface area contributed by atoms with Crippen molar-refractivity contribution in [2.24, 2.45) is 7.05 Å². The lowest BCUT2D eigenvalue weighted by atomic mass is 9.85. The van der Waals surface area contributed by atoms with Gasteiger partial charge in [0.25, 0.3) is 5.91 Å². The highest BCUT2D eigenvalue weighted by Gasteiger charge is 2.47. The van der Waals surface area contributed by atoms with Crippen molar-refractivity contribution in [3.63, 3.8) is 0 Å². The van der Waals surface area contributed by atoms with Gasteiger partial charge in [0.2, 0.25) is 0 Å². The summed E-state index contributed by atoms with van der Waals surface area (Å²) in [4.78, 5) is 32.0. The van der Waals surface area contributed by atoms with E-state index in [0.717, 1.165) is 46.8 Å². The average molecular weight is 481 g/mol. The van der Waals surface area contributed by atoms with Crippen molar-refractivity contribution in [1.82, 2.24) is 29.7 Å². The Morgan fingerprint density at radius 1 is 1.08 bits per heavy atom. The molecule has 0 aromatic carbocycles. The maximum Gasteiger partial charge on any atom is 0.254 e. The molecular weight excluding hydrogens is 452 g/mol. The number of likely N-dealkylation sites (N-methyl/N-ethyl adjacent to an activating group) is 1. The summed E-state index contributed by atoms with van der Waals surface area (Å²) in [7, 11) is 4.19. The number of amides is 1. The minimum atomic E-state index is -0.0971. The third kappa shape index (κ3) is 3.12. The average Bonchev–Trinajstić information content (AvgIpc) is 3.62. The van der Waals surface area contributed by atoms with E-state index in [1.54, 1.807) is 12.4 Å². The van der Waals surface area contributed by atoms with Gasteiger partial charge >= 0.3 is 0 Å². The summed E-state index contributed by atoms with van der Waals surface area (Å²) >= 11 is 0. The lowest BCUT2D eigenvalue weighted by molar-refractivity contribution is 0.0307. The topological polar surface area (TPSA) is 91.2 Å². The Hall–Kier alpha value is -3.98. The molecule has 0 radical (unpaired) electrons. The molecule has 0 aliphatic carbocycles. The number of anilines is 3. The molecule has 1 unspecified atom stereocenters. The molecule has 3 aliphatic rings. The number of likely N-dealkylation sites (tertiary alicyclic amines) is 1. The van der Waals surface area contributed by atoms with Crippen LogP contribution in [0, 0.1) is 0 Å². The number of fused-ring (bicyclic) bond motifs is 2. The highest BCUT2D eigenvalue weighted by molar-refractivity contribution is 6.06. The van der Waals surface area contributed by atoms with E-state index in [9.17, 15) is 4.79 Å². The van der Waals surface area contributed by atoms with E-state index >= 15 is 0 Å². The zero-order valence-corrected chi connectivity index (χ0v) is 20.5. The molecule has 4 aromatic rings. The predicted octanol–water partition coefficient (Wildman–Crippen LogP) is 3.30. The Bertz CT molecular complexity index is 1530. The van der Waals surface area contributed by atoms with Crippen molar-refractivity contribution in [2.45, 2.75) is 24.9 Å². The number of pyridine rings is 3. The van der Waals surface area contributed by atoms with Crippen molar-refractivity contribution < 1.29 is 4.79 Å². The first-order valence-corrected chi connectivity index (χ1v) is 12.4. The van der Waals surface area contributed by atoms with Gasteiger partial charge in [-0.15, -0.1) is 0 Å². The fourth-order valence-corrected chi connectivity index (χ4v) is 5.97. The number of carbonyl (C=O) groups is 1. The Labute approximate surface area is 209 Å². The fourth-order valence-electron chi connectivity index (χ4n) is 5.97. The highest BCUT2D eigenvalue weighted by Crippen LogP contribution is 2.40. The lowest BCUT2D eigenvalue weighted by Gasteiger charge is -2.48. The molecule has 4 aromatic heterocycles. The van der Waals surface area contributed by atoms with Crippen LogP contribution in [0.1, 0.15) is 28.8 Å². The van der Waals surface area contributed by atoms with Crippen molar-refractivity contribution in [1.29, 1.82) is 0 Å². The van der Waals surface area contributed by atoms with Gasteiger partial charge in [-0.1, -0.05) is 6.07 Å². The van der Waals surface area contributed by atoms with Crippen LogP contribution in [0.2, 0.25) is 0 Å². The van der Waals surface area contributed by atoms with Crippen LogP contribution in [0.3, 0.4) is 0 Å². The van der Waals surface area contributed by atoms with Gasteiger partial charge in [0, 0.05) is 67.7 Å². The molecule has 1 spiro atoms. The van der Waals surface area contributed by atoms with Crippen molar-refractivity contribution >= 4 is 34.3 Å². The van der Waals surface area contributed by atoms with Crippen LogP contribution in [0.25, 0.3) is 22.3 Å². The van der Waals surface area contributed by atoms with Crippen LogP contribution in [0.4, 0.5) is 17.3 Å². The molecule has 9 heteroatoms. The minimum Gasteiger partial charge on any atom is -0.355 e. The fraction of sp³-hybridized carbons (Fsp3) is 0.333. The quantitative estimate of drug-likeness (QED) is 0.463. The molecule has 36 heavy (non-hydrogen) atoms. The van der Waals surface area contributed by atoms with Crippen LogP contribution in [0.15, 0.2) is 48.9 Å². The molecule has 3 aliphatic heterocycles. The van der Waals surface area contributed by atoms with E-state index in [2.05, 4.69) is 38.5 Å². The minimum absolute atomic E-state index is 0.0971. The standard InChI is InChI=1S/C27H28N8O/c1-33-11-7-18-17(6-10-28-25(18)33)24-19-14-30-26(36)23(19)20(15-29-24)31-21-4-3-5-22(32-21)35-13-9-27(16-35)8-12-34(27)2/h3-7,10-11,15H,8-9,12-14,16H2,1-2H3,(H,30,36)(H,31,32). The number of nitrogens with zero attached hydrogens (tertiary/aromatic N) is 6. The summed E-state index contributed by atoms with van der Waals surface area (Å²) < 4.78 is 1.99. The van der Waals surface area contributed by atoms with Gasteiger partial charge in [0.05, 0.1) is 23.1 Å². The molecule has 1 atom stereocenters. The van der Waals surface area contributed by atoms with E-state index in [4.69, 9.17) is 9.97 Å². The van der Waals surface area contributed by atoms with Crippen LogP contribution in [0.5, 0.6) is 0 Å². The molecule has 7 rings (SSSR count). The number of nitrogens with one attached hydrogen (secondary N) is 2. The molecule has 9 nitrogen and oxygen atoms in total. The van der Waals surface area contributed by atoms with Gasteiger partial charge in [0.1, 0.15) is 17.3 Å². The van der Waals surface area contributed by atoms with E-state index in [-0.39, 0.29) is 5.91 Å². The molecule has 7 heterocycles. The predicted molar refractivity (Wildman–Crippen MR) is 139 cm³/mol. The third-order valence-electron chi connectivity index (χ3n) is 8.23. The van der Waals surface area contributed by atoms with E-state index in [1.165, 1.54) is 19.4 Å². The summed E-state index contributed by atoms with van der Waals surface area (Å²) in [5.41, 5.74) is 5.17. The number of hydrogen-bond donors (Lipinski definition) is 2. The van der Waals surface area contributed by atoms with Crippen molar-refractivity contribution in [2.75, 3.05) is 36.9 Å². The number of rotatable bonds is 4. The summed E-state index contributed by atoms with van der Waals surface area (Å²) in [6.45, 7) is 3.64. The van der Waals surface area contributed by atoms with Gasteiger partial charge in [-0.05, 0) is 44.2 Å². The normalized spacial score (nSPS) is 21.2. The van der Waals surface area contributed by atoms with Gasteiger partial charge in [-0.2, -0.15) is 0 Å². The van der Waals surface area contributed by atoms with E-state index in [1.807, 2.05) is 42.1 Å². The number of aromatic nitrogens is 4. The molecule has 0 saturated carbocycles. The van der Waals surface area contributed by atoms with E-state index < -0.39 is 0 Å². The Morgan fingerprint density at radius 2 is 1.97 bits per heavy atom. The Kier molecular flexibility index (Phi) is 4.59. The van der Waals surface area contributed by atoms with Gasteiger partial charge < -0.3 is 20.1 Å². The molecule has 1 amide bonds. The zero-order chi connectivity index (χ0) is 24.4. The Morgan fingerprint density at radius 3 is 2.78 bits per heavy atom. The first kappa shape index (κ1) is 21.3. The van der Waals surface area contributed by atoms with Gasteiger partial charge in [-0.25, -0.2) is 9.97 Å². The second-order valence-electron chi connectivity index (χ2n) is 10.2. The largest absolute Gasteiger partial charge is 0.355 e. The summed E-state index contributed by atoms with van der Waals surface area (Å²) in [6, 6.07) is 10.0. The molecule has 2 N–H and O–H groups in total. The Balaban J connectivity index is 1.22. The number of aryl methyl sites for hydroxylation is 1. The SMILES string of the molecule is CN1CCC12CCN(c1cccc(Nc3cnc(-c4ccnc5c4ccn5C)c4c3C(=O)NC4)n1)C2. The molecule has 0 bridgehead atoms. The summed E-state index contributed by atoms with van der Waals surface area (Å²) in [5.74, 6) is 1.58. The third-order valence-corrected chi connectivity index (χ3v) is 8.23. The zero-order valence-electron chi connectivity index (χ0n) is 20.5. The van der Waals surface area contributed by atoms with Crippen LogP contribution >= 0.6 is 0 Å². The van der Waals surface area contributed by atoms with Crippen LogP contribution in [-0.2, 0) is 13.6 Å². The molecule has 2 saturated heterocycles. The maximum absolute atomic E-state index is 12.9. The second-order valence-corrected chi connectivity index (χ2v) is 10.2. The first-order chi connectivity index (χ1) is 17.5. The van der Waals surface area contributed by atoms with Gasteiger partial charge in [-0.3, -0.25) is 14.7 Å². The van der Waals surface area contributed by atoms with Crippen molar-refractivity contribution in [3.05, 3.63) is 60.0 Å². The molecule has 2 fully saturated rings. The maximum atomic E-state index is 12.9.